The lowest BCUT2D eigenvalue weighted by atomic mass is 9.90. The second-order valence-electron chi connectivity index (χ2n) is 10.1. The number of para-hydroxylation sites is 2. The van der Waals surface area contributed by atoms with Gasteiger partial charge in [0.05, 0.1) is 42.7 Å². The van der Waals surface area contributed by atoms with Gasteiger partial charge in [-0.3, -0.25) is 4.79 Å². The Morgan fingerprint density at radius 3 is 2.33 bits per heavy atom. The number of nitrogens with zero attached hydrogens (tertiary/aromatic N) is 2. The Labute approximate surface area is 233 Å². The molecule has 202 valence electrons. The first-order chi connectivity index (χ1) is 19.6. The molecule has 1 fully saturated rings. The molecule has 0 spiro atoms. The van der Waals surface area contributed by atoms with Crippen LogP contribution in [-0.4, -0.2) is 26.7 Å². The van der Waals surface area contributed by atoms with Crippen LogP contribution in [0.2, 0.25) is 0 Å². The van der Waals surface area contributed by atoms with Crippen LogP contribution in [0.3, 0.4) is 0 Å². The molecule has 0 unspecified atom stereocenters. The number of carbonyl (C=O) groups is 1. The van der Waals surface area contributed by atoms with Crippen molar-refractivity contribution in [2.45, 2.75) is 38.6 Å². The van der Waals surface area contributed by atoms with E-state index < -0.39 is 6.29 Å². The number of carbonyl (C=O) groups excluding carboxylic acids is 1. The van der Waals surface area contributed by atoms with Crippen molar-refractivity contribution in [3.63, 3.8) is 0 Å². The molecule has 0 bridgehead atoms. The van der Waals surface area contributed by atoms with Crippen LogP contribution in [0, 0.1) is 5.92 Å². The zero-order valence-corrected chi connectivity index (χ0v) is 22.2. The third kappa shape index (κ3) is 5.40. The molecule has 5 aromatic rings. The smallest absolute Gasteiger partial charge is 0.255 e. The molecule has 7 nitrogen and oxygen atoms in total. The van der Waals surface area contributed by atoms with E-state index in [9.17, 15) is 9.90 Å². The Balaban J connectivity index is 1.26. The van der Waals surface area contributed by atoms with E-state index in [0.717, 1.165) is 27.7 Å². The van der Waals surface area contributed by atoms with Gasteiger partial charge in [0.1, 0.15) is 0 Å². The van der Waals surface area contributed by atoms with Gasteiger partial charge in [0, 0.05) is 22.7 Å². The van der Waals surface area contributed by atoms with E-state index in [1.54, 1.807) is 12.1 Å². The number of hydrogen-bond acceptors (Lipinski definition) is 5. The Bertz CT molecular complexity index is 1580. The summed E-state index contributed by atoms with van der Waals surface area (Å²) in [5.41, 5.74) is 6.05. The molecular weight excluding hydrogens is 502 g/mol. The van der Waals surface area contributed by atoms with Crippen LogP contribution < -0.4 is 5.32 Å². The van der Waals surface area contributed by atoms with E-state index >= 15 is 0 Å². The molecule has 2 N–H and O–H groups in total. The molecule has 0 aliphatic carbocycles. The van der Waals surface area contributed by atoms with Crippen LogP contribution >= 0.6 is 0 Å². The third-order valence-electron chi connectivity index (χ3n) is 7.50. The van der Waals surface area contributed by atoms with Crippen LogP contribution in [0.4, 0.5) is 5.69 Å². The Morgan fingerprint density at radius 2 is 1.57 bits per heavy atom. The van der Waals surface area contributed by atoms with Crippen LogP contribution in [0.1, 0.15) is 46.4 Å². The lowest BCUT2D eigenvalue weighted by Gasteiger charge is -2.41. The predicted molar refractivity (Wildman–Crippen MR) is 154 cm³/mol. The Hall–Kier alpha value is -4.30. The average molecular weight is 534 g/mol. The first kappa shape index (κ1) is 26.0. The molecular formula is C33H31N3O4. The van der Waals surface area contributed by atoms with E-state index in [0.29, 0.717) is 17.8 Å². The number of hydrogen-bond donors (Lipinski definition) is 2. The minimum absolute atomic E-state index is 0.00339. The summed E-state index contributed by atoms with van der Waals surface area (Å²) in [5.74, 6) is -0.117. The van der Waals surface area contributed by atoms with Crippen LogP contribution in [0.15, 0.2) is 109 Å². The minimum atomic E-state index is -0.600. The number of imidazole rings is 1. The number of anilines is 1. The van der Waals surface area contributed by atoms with E-state index in [1.807, 2.05) is 91.3 Å². The summed E-state index contributed by atoms with van der Waals surface area (Å²) < 4.78 is 15.3. The normalized spacial score (nSPS) is 20.9. The maximum Gasteiger partial charge on any atom is 0.255 e. The number of nitrogens with one attached hydrogen (secondary N) is 1. The standard InChI is InChI=1S/C33H31N3O4/c1-22-30(19-36-21-34-28-9-5-6-10-29(28)36)39-33(40-31(22)24-13-11-23(20-37)12-14-24)26-15-17-27(18-16-26)35-32(38)25-7-3-2-4-8-25/h2-18,21-22,30-31,33,37H,19-20H2,1H3,(H,35,38)/t22-,30+,31+,33+/m1/s1. The zero-order valence-electron chi connectivity index (χ0n) is 22.2. The lowest BCUT2D eigenvalue weighted by molar-refractivity contribution is -0.276. The number of benzene rings is 4. The summed E-state index contributed by atoms with van der Waals surface area (Å²) >= 11 is 0. The Kier molecular flexibility index (Phi) is 7.42. The van der Waals surface area contributed by atoms with Gasteiger partial charge in [-0.15, -0.1) is 0 Å². The number of aliphatic hydroxyl groups excluding tert-OH is 1. The molecule has 7 heteroatoms. The minimum Gasteiger partial charge on any atom is -0.392 e. The largest absolute Gasteiger partial charge is 0.392 e. The number of rotatable bonds is 7. The van der Waals surface area contributed by atoms with Crippen LogP contribution in [0.5, 0.6) is 0 Å². The van der Waals surface area contributed by atoms with Crippen molar-refractivity contribution in [3.05, 3.63) is 132 Å². The van der Waals surface area contributed by atoms with Crippen molar-refractivity contribution >= 4 is 22.6 Å². The first-order valence-electron chi connectivity index (χ1n) is 13.5. The van der Waals surface area contributed by atoms with E-state index in [2.05, 4.69) is 27.9 Å². The van der Waals surface area contributed by atoms with Gasteiger partial charge >= 0.3 is 0 Å². The van der Waals surface area contributed by atoms with Gasteiger partial charge in [0.25, 0.3) is 5.91 Å². The molecule has 1 amide bonds. The van der Waals surface area contributed by atoms with E-state index in [4.69, 9.17) is 9.47 Å². The molecule has 4 atom stereocenters. The molecule has 1 aromatic heterocycles. The summed E-state index contributed by atoms with van der Waals surface area (Å²) in [7, 11) is 0. The summed E-state index contributed by atoms with van der Waals surface area (Å²) in [4.78, 5) is 17.1. The van der Waals surface area contributed by atoms with Crippen LogP contribution in [0.25, 0.3) is 11.0 Å². The van der Waals surface area contributed by atoms with Crippen molar-refractivity contribution in [2.24, 2.45) is 5.92 Å². The summed E-state index contributed by atoms with van der Waals surface area (Å²) in [5, 5.41) is 12.5. The first-order valence-corrected chi connectivity index (χ1v) is 13.5. The molecule has 2 heterocycles. The topological polar surface area (TPSA) is 85.6 Å². The van der Waals surface area contributed by atoms with E-state index in [-0.39, 0.29) is 30.6 Å². The van der Waals surface area contributed by atoms with Crippen molar-refractivity contribution in [1.29, 1.82) is 0 Å². The van der Waals surface area contributed by atoms with Gasteiger partial charge in [0.2, 0.25) is 0 Å². The molecule has 4 aromatic carbocycles. The predicted octanol–water partition coefficient (Wildman–Crippen LogP) is 6.27. The highest BCUT2D eigenvalue weighted by molar-refractivity contribution is 6.04. The van der Waals surface area contributed by atoms with Crippen molar-refractivity contribution < 1.29 is 19.4 Å². The summed E-state index contributed by atoms with van der Waals surface area (Å²) in [6.45, 7) is 2.77. The monoisotopic (exact) mass is 533 g/mol. The second-order valence-corrected chi connectivity index (χ2v) is 10.1. The average Bonchev–Trinajstić information content (AvgIpc) is 3.42. The van der Waals surface area contributed by atoms with Gasteiger partial charge in [-0.2, -0.15) is 0 Å². The third-order valence-corrected chi connectivity index (χ3v) is 7.50. The van der Waals surface area contributed by atoms with Crippen molar-refractivity contribution in [1.82, 2.24) is 9.55 Å². The van der Waals surface area contributed by atoms with Gasteiger partial charge in [-0.1, -0.05) is 73.7 Å². The zero-order chi connectivity index (χ0) is 27.5. The highest BCUT2D eigenvalue weighted by Crippen LogP contribution is 2.42. The number of aromatic nitrogens is 2. The molecule has 40 heavy (non-hydrogen) atoms. The number of aliphatic hydroxyl groups is 1. The van der Waals surface area contributed by atoms with Crippen LogP contribution in [-0.2, 0) is 22.6 Å². The highest BCUT2D eigenvalue weighted by atomic mass is 16.7. The van der Waals surface area contributed by atoms with Crippen molar-refractivity contribution in [2.75, 3.05) is 5.32 Å². The molecule has 0 radical (unpaired) electrons. The number of ether oxygens (including phenoxy) is 2. The van der Waals surface area contributed by atoms with Crippen molar-refractivity contribution in [3.8, 4) is 0 Å². The number of amides is 1. The molecule has 1 aliphatic rings. The number of fused-ring (bicyclic) bond motifs is 1. The molecule has 0 saturated carbocycles. The van der Waals surface area contributed by atoms with E-state index in [1.165, 1.54) is 0 Å². The molecule has 6 rings (SSSR count). The lowest BCUT2D eigenvalue weighted by Crippen LogP contribution is -2.39. The fourth-order valence-electron chi connectivity index (χ4n) is 5.19. The SMILES string of the molecule is C[C@@H]1[C@H](Cn2cnc3ccccc32)O[C@H](c2ccc(NC(=O)c3ccccc3)cc2)O[C@@H]1c1ccc(CO)cc1. The maximum absolute atomic E-state index is 12.6. The quantitative estimate of drug-likeness (QED) is 0.257. The van der Waals surface area contributed by atoms with Gasteiger partial charge in [-0.05, 0) is 47.5 Å². The maximum atomic E-state index is 12.6. The summed E-state index contributed by atoms with van der Waals surface area (Å²) in [6.07, 6.45) is 0.887. The second kappa shape index (κ2) is 11.4. The molecule has 1 aliphatic heterocycles. The fraction of sp³-hybridized carbons (Fsp3) is 0.212. The van der Waals surface area contributed by atoms with Gasteiger partial charge in [0.15, 0.2) is 6.29 Å². The summed E-state index contributed by atoms with van der Waals surface area (Å²) in [6, 6.07) is 32.7. The highest BCUT2D eigenvalue weighted by Gasteiger charge is 2.38. The Morgan fingerprint density at radius 1 is 0.875 bits per heavy atom. The van der Waals surface area contributed by atoms with Gasteiger partial charge in [-0.25, -0.2) is 4.98 Å². The molecule has 1 saturated heterocycles. The van der Waals surface area contributed by atoms with Gasteiger partial charge < -0.3 is 24.5 Å². The fourth-order valence-corrected chi connectivity index (χ4v) is 5.19.